The van der Waals surface area contributed by atoms with Crippen LogP contribution in [0.3, 0.4) is 0 Å². The van der Waals surface area contributed by atoms with Crippen molar-refractivity contribution in [3.63, 3.8) is 0 Å². The van der Waals surface area contributed by atoms with E-state index in [2.05, 4.69) is 4.98 Å². The van der Waals surface area contributed by atoms with E-state index < -0.39 is 0 Å². The highest BCUT2D eigenvalue weighted by Crippen LogP contribution is 2.21. The molecular formula is C14H19N3O. The maximum Gasteiger partial charge on any atom is 0.261 e. The first-order chi connectivity index (χ1) is 8.45. The normalized spacial score (nSPS) is 12.9. The Bertz CT molecular complexity index is 656. The van der Waals surface area contributed by atoms with Crippen molar-refractivity contribution in [1.29, 1.82) is 0 Å². The van der Waals surface area contributed by atoms with Crippen molar-refractivity contribution in [2.45, 2.75) is 33.2 Å². The smallest absolute Gasteiger partial charge is 0.261 e. The van der Waals surface area contributed by atoms with E-state index in [1.165, 1.54) is 0 Å². The third kappa shape index (κ3) is 1.93. The van der Waals surface area contributed by atoms with Gasteiger partial charge in [0.05, 0.1) is 10.9 Å². The lowest BCUT2D eigenvalue weighted by Crippen LogP contribution is -2.23. The summed E-state index contributed by atoms with van der Waals surface area (Å²) in [6, 6.07) is 3.77. The van der Waals surface area contributed by atoms with Crippen molar-refractivity contribution >= 4 is 10.9 Å². The fraction of sp³-hybridized carbons (Fsp3) is 0.429. The van der Waals surface area contributed by atoms with Gasteiger partial charge in [0.15, 0.2) is 0 Å². The lowest BCUT2D eigenvalue weighted by atomic mass is 10.0. The summed E-state index contributed by atoms with van der Waals surface area (Å²) in [7, 11) is 1.77. The summed E-state index contributed by atoms with van der Waals surface area (Å²) >= 11 is 0. The monoisotopic (exact) mass is 245 g/mol. The third-order valence-electron chi connectivity index (χ3n) is 3.25. The van der Waals surface area contributed by atoms with Gasteiger partial charge >= 0.3 is 0 Å². The van der Waals surface area contributed by atoms with Crippen molar-refractivity contribution in [2.24, 2.45) is 12.8 Å². The predicted octanol–water partition coefficient (Wildman–Crippen LogP) is 1.82. The molecule has 0 aliphatic heterocycles. The Balaban J connectivity index is 2.97. The fourth-order valence-corrected chi connectivity index (χ4v) is 2.26. The Kier molecular flexibility index (Phi) is 3.22. The highest BCUT2D eigenvalue weighted by atomic mass is 16.1. The molecule has 0 saturated carbocycles. The molecule has 0 aliphatic rings. The van der Waals surface area contributed by atoms with Gasteiger partial charge in [0.1, 0.15) is 5.82 Å². The molecule has 1 aromatic heterocycles. The average molecular weight is 245 g/mol. The Morgan fingerprint density at radius 3 is 2.67 bits per heavy atom. The molecule has 4 nitrogen and oxygen atoms in total. The zero-order valence-electron chi connectivity index (χ0n) is 11.3. The molecule has 0 saturated heterocycles. The summed E-state index contributed by atoms with van der Waals surface area (Å²) in [6.07, 6.45) is 0.730. The Labute approximate surface area is 106 Å². The molecule has 0 radical (unpaired) electrons. The number of nitrogens with zero attached hydrogens (tertiary/aromatic N) is 2. The molecular weight excluding hydrogens is 226 g/mol. The van der Waals surface area contributed by atoms with Crippen LogP contribution in [0.2, 0.25) is 0 Å². The molecule has 2 N–H and O–H groups in total. The molecule has 0 spiro atoms. The van der Waals surface area contributed by atoms with Crippen LogP contribution in [-0.4, -0.2) is 9.55 Å². The summed E-state index contributed by atoms with van der Waals surface area (Å²) < 4.78 is 1.62. The van der Waals surface area contributed by atoms with Crippen molar-refractivity contribution in [2.75, 3.05) is 0 Å². The van der Waals surface area contributed by atoms with E-state index in [1.807, 2.05) is 32.9 Å². The standard InChI is InChI=1S/C14H19N3O/c1-5-12-16-13-10(9(3)15)6-8(2)7-11(13)14(18)17(12)4/h6-7,9H,5,15H2,1-4H3/t9-/m1/s1. The van der Waals surface area contributed by atoms with Gasteiger partial charge in [-0.2, -0.15) is 0 Å². The van der Waals surface area contributed by atoms with Crippen LogP contribution in [-0.2, 0) is 13.5 Å². The zero-order valence-corrected chi connectivity index (χ0v) is 11.3. The first kappa shape index (κ1) is 12.8. The topological polar surface area (TPSA) is 60.9 Å². The van der Waals surface area contributed by atoms with Gasteiger partial charge in [0.25, 0.3) is 5.56 Å². The Morgan fingerprint density at radius 2 is 2.11 bits per heavy atom. The maximum atomic E-state index is 12.3. The molecule has 1 heterocycles. The predicted molar refractivity (Wildman–Crippen MR) is 73.7 cm³/mol. The van der Waals surface area contributed by atoms with E-state index in [0.29, 0.717) is 5.39 Å². The minimum Gasteiger partial charge on any atom is -0.324 e. The average Bonchev–Trinajstić information content (AvgIpc) is 2.33. The van der Waals surface area contributed by atoms with Gasteiger partial charge in [0, 0.05) is 19.5 Å². The fourth-order valence-electron chi connectivity index (χ4n) is 2.26. The molecule has 0 fully saturated rings. The molecule has 18 heavy (non-hydrogen) atoms. The van der Waals surface area contributed by atoms with Crippen molar-refractivity contribution in [1.82, 2.24) is 9.55 Å². The molecule has 1 aromatic carbocycles. The van der Waals surface area contributed by atoms with Gasteiger partial charge in [-0.3, -0.25) is 9.36 Å². The van der Waals surface area contributed by atoms with E-state index in [4.69, 9.17) is 5.73 Å². The highest BCUT2D eigenvalue weighted by Gasteiger charge is 2.13. The van der Waals surface area contributed by atoms with Crippen LogP contribution in [0.1, 0.15) is 36.8 Å². The van der Waals surface area contributed by atoms with Crippen LogP contribution in [0, 0.1) is 6.92 Å². The summed E-state index contributed by atoms with van der Waals surface area (Å²) in [4.78, 5) is 16.9. The lowest BCUT2D eigenvalue weighted by Gasteiger charge is -2.13. The number of hydrogen-bond donors (Lipinski definition) is 1. The number of aryl methyl sites for hydroxylation is 2. The highest BCUT2D eigenvalue weighted by molar-refractivity contribution is 5.82. The van der Waals surface area contributed by atoms with Crippen LogP contribution in [0.15, 0.2) is 16.9 Å². The quantitative estimate of drug-likeness (QED) is 0.878. The SMILES string of the molecule is CCc1nc2c([C@@H](C)N)cc(C)cc2c(=O)n1C. The summed E-state index contributed by atoms with van der Waals surface area (Å²) in [6.45, 7) is 5.88. The van der Waals surface area contributed by atoms with Gasteiger partial charge in [-0.05, 0) is 31.0 Å². The number of rotatable bonds is 2. The van der Waals surface area contributed by atoms with Gasteiger partial charge < -0.3 is 5.73 Å². The van der Waals surface area contributed by atoms with Gasteiger partial charge in [-0.15, -0.1) is 0 Å². The number of hydrogen-bond acceptors (Lipinski definition) is 3. The van der Waals surface area contributed by atoms with Crippen molar-refractivity contribution in [3.8, 4) is 0 Å². The zero-order chi connectivity index (χ0) is 13.4. The van der Waals surface area contributed by atoms with Crippen LogP contribution in [0.25, 0.3) is 10.9 Å². The number of benzene rings is 1. The Morgan fingerprint density at radius 1 is 1.44 bits per heavy atom. The molecule has 96 valence electrons. The van der Waals surface area contributed by atoms with E-state index in [9.17, 15) is 4.79 Å². The number of aromatic nitrogens is 2. The third-order valence-corrected chi connectivity index (χ3v) is 3.25. The van der Waals surface area contributed by atoms with Crippen molar-refractivity contribution < 1.29 is 0 Å². The molecule has 2 rings (SSSR count). The summed E-state index contributed by atoms with van der Waals surface area (Å²) in [5.74, 6) is 0.790. The molecule has 4 heteroatoms. The second-order valence-electron chi connectivity index (χ2n) is 4.78. The van der Waals surface area contributed by atoms with Crippen molar-refractivity contribution in [3.05, 3.63) is 39.4 Å². The lowest BCUT2D eigenvalue weighted by molar-refractivity contribution is 0.747. The Hall–Kier alpha value is -1.68. The maximum absolute atomic E-state index is 12.3. The molecule has 0 unspecified atom stereocenters. The van der Waals surface area contributed by atoms with Crippen LogP contribution >= 0.6 is 0 Å². The van der Waals surface area contributed by atoms with Gasteiger partial charge in [-0.1, -0.05) is 13.0 Å². The largest absolute Gasteiger partial charge is 0.324 e. The van der Waals surface area contributed by atoms with E-state index in [1.54, 1.807) is 11.6 Å². The van der Waals surface area contributed by atoms with Gasteiger partial charge in [0.2, 0.25) is 0 Å². The molecule has 0 bridgehead atoms. The summed E-state index contributed by atoms with van der Waals surface area (Å²) in [5, 5.41) is 0.655. The molecule has 0 amide bonds. The number of nitrogens with two attached hydrogens (primary N) is 1. The van der Waals surface area contributed by atoms with E-state index in [-0.39, 0.29) is 11.6 Å². The van der Waals surface area contributed by atoms with Crippen LogP contribution < -0.4 is 11.3 Å². The van der Waals surface area contributed by atoms with Crippen LogP contribution in [0.5, 0.6) is 0 Å². The first-order valence-electron chi connectivity index (χ1n) is 6.21. The molecule has 2 aromatic rings. The second kappa shape index (κ2) is 4.53. The van der Waals surface area contributed by atoms with Gasteiger partial charge in [-0.25, -0.2) is 4.98 Å². The summed E-state index contributed by atoms with van der Waals surface area (Å²) in [5.41, 5.74) is 8.71. The minimum absolute atomic E-state index is 0.00227. The van der Waals surface area contributed by atoms with E-state index >= 15 is 0 Å². The molecule has 1 atom stereocenters. The number of fused-ring (bicyclic) bond motifs is 1. The first-order valence-corrected chi connectivity index (χ1v) is 6.21. The second-order valence-corrected chi connectivity index (χ2v) is 4.78. The van der Waals surface area contributed by atoms with E-state index in [0.717, 1.165) is 28.9 Å². The minimum atomic E-state index is -0.128. The molecule has 0 aliphatic carbocycles. The van der Waals surface area contributed by atoms with Crippen LogP contribution in [0.4, 0.5) is 0 Å².